The van der Waals surface area contributed by atoms with Gasteiger partial charge in [0.25, 0.3) is 5.91 Å². The summed E-state index contributed by atoms with van der Waals surface area (Å²) in [7, 11) is 0. The number of amides is 1. The van der Waals surface area contributed by atoms with Crippen LogP contribution in [0.2, 0.25) is 0 Å². The second-order valence-corrected chi connectivity index (χ2v) is 6.01. The molecule has 0 saturated carbocycles. The van der Waals surface area contributed by atoms with E-state index >= 15 is 0 Å². The van der Waals surface area contributed by atoms with Gasteiger partial charge in [-0.1, -0.05) is 24.3 Å². The van der Waals surface area contributed by atoms with Crippen molar-refractivity contribution in [1.82, 2.24) is 5.32 Å². The molecule has 3 rings (SSSR count). The van der Waals surface area contributed by atoms with Crippen molar-refractivity contribution < 1.29 is 9.90 Å². The molecule has 2 atom stereocenters. The molecular formula is C16H15BrN2O2. The summed E-state index contributed by atoms with van der Waals surface area (Å²) in [5, 5.41) is 13.1. The van der Waals surface area contributed by atoms with E-state index in [0.29, 0.717) is 22.1 Å². The van der Waals surface area contributed by atoms with Crippen LogP contribution in [0.5, 0.6) is 0 Å². The molecule has 0 unspecified atom stereocenters. The number of fused-ring (bicyclic) bond motifs is 1. The van der Waals surface area contributed by atoms with Gasteiger partial charge < -0.3 is 16.2 Å². The highest BCUT2D eigenvalue weighted by atomic mass is 79.9. The molecule has 0 aromatic heterocycles. The highest BCUT2D eigenvalue weighted by molar-refractivity contribution is 9.10. The summed E-state index contributed by atoms with van der Waals surface area (Å²) in [6, 6.07) is 12.4. The second kappa shape index (κ2) is 5.50. The normalized spacial score (nSPS) is 20.1. The maximum atomic E-state index is 12.3. The minimum Gasteiger partial charge on any atom is -0.398 e. The Balaban J connectivity index is 1.83. The number of halogens is 1. The van der Waals surface area contributed by atoms with Gasteiger partial charge in [0.2, 0.25) is 0 Å². The van der Waals surface area contributed by atoms with Crippen molar-refractivity contribution in [2.75, 3.05) is 5.73 Å². The molecule has 0 heterocycles. The first-order valence-electron chi connectivity index (χ1n) is 6.68. The maximum Gasteiger partial charge on any atom is 0.251 e. The summed E-state index contributed by atoms with van der Waals surface area (Å²) in [5.41, 5.74) is 8.86. The molecule has 1 amide bonds. The zero-order valence-corrected chi connectivity index (χ0v) is 12.8. The summed E-state index contributed by atoms with van der Waals surface area (Å²) >= 11 is 3.31. The number of aliphatic hydroxyl groups excluding tert-OH is 1. The van der Waals surface area contributed by atoms with Gasteiger partial charge in [-0.25, -0.2) is 0 Å². The summed E-state index contributed by atoms with van der Waals surface area (Å²) in [6.07, 6.45) is -0.0319. The van der Waals surface area contributed by atoms with Crippen LogP contribution in [0.3, 0.4) is 0 Å². The van der Waals surface area contributed by atoms with Crippen LogP contribution in [-0.4, -0.2) is 17.1 Å². The lowest BCUT2D eigenvalue weighted by Gasteiger charge is -2.18. The zero-order chi connectivity index (χ0) is 15.0. The Bertz CT molecular complexity index is 702. The Kier molecular flexibility index (Phi) is 3.69. The van der Waals surface area contributed by atoms with Crippen molar-refractivity contribution >= 4 is 27.5 Å². The number of nitrogens with one attached hydrogen (secondary N) is 1. The van der Waals surface area contributed by atoms with Crippen LogP contribution < -0.4 is 11.1 Å². The fourth-order valence-corrected chi connectivity index (χ4v) is 3.02. The molecule has 4 nitrogen and oxygen atoms in total. The maximum absolute atomic E-state index is 12.3. The molecule has 5 heteroatoms. The zero-order valence-electron chi connectivity index (χ0n) is 11.2. The van der Waals surface area contributed by atoms with E-state index in [9.17, 15) is 9.90 Å². The lowest BCUT2D eigenvalue weighted by molar-refractivity contribution is 0.0858. The molecule has 2 aromatic carbocycles. The average Bonchev–Trinajstić information content (AvgIpc) is 2.78. The van der Waals surface area contributed by atoms with E-state index in [4.69, 9.17) is 5.73 Å². The van der Waals surface area contributed by atoms with Crippen molar-refractivity contribution in [3.8, 4) is 0 Å². The molecule has 0 aliphatic heterocycles. The number of nitrogen functional groups attached to an aromatic ring is 1. The van der Waals surface area contributed by atoms with Gasteiger partial charge in [-0.15, -0.1) is 0 Å². The van der Waals surface area contributed by atoms with Crippen molar-refractivity contribution in [3.63, 3.8) is 0 Å². The lowest BCUT2D eigenvalue weighted by atomic mass is 10.1. The molecule has 2 aromatic rings. The largest absolute Gasteiger partial charge is 0.398 e. The van der Waals surface area contributed by atoms with Gasteiger partial charge in [0.05, 0.1) is 12.1 Å². The Labute approximate surface area is 131 Å². The molecule has 4 N–H and O–H groups in total. The van der Waals surface area contributed by atoms with E-state index in [1.807, 2.05) is 24.3 Å². The lowest BCUT2D eigenvalue weighted by Crippen LogP contribution is -2.33. The van der Waals surface area contributed by atoms with Crippen molar-refractivity contribution in [2.24, 2.45) is 0 Å². The first-order valence-corrected chi connectivity index (χ1v) is 7.47. The Morgan fingerprint density at radius 2 is 2.05 bits per heavy atom. The minimum atomic E-state index is -0.594. The predicted octanol–water partition coefficient (Wildman–Crippen LogP) is 2.42. The molecular weight excluding hydrogens is 332 g/mol. The molecule has 21 heavy (non-hydrogen) atoms. The number of hydrogen-bond donors (Lipinski definition) is 3. The molecule has 108 valence electrons. The number of rotatable bonds is 2. The highest BCUT2D eigenvalue weighted by Gasteiger charge is 2.32. The van der Waals surface area contributed by atoms with E-state index < -0.39 is 6.10 Å². The molecule has 1 aliphatic rings. The van der Waals surface area contributed by atoms with Crippen molar-refractivity contribution in [3.05, 3.63) is 63.6 Å². The Morgan fingerprint density at radius 1 is 1.29 bits per heavy atom. The van der Waals surface area contributed by atoms with Gasteiger partial charge in [-0.2, -0.15) is 0 Å². The smallest absolute Gasteiger partial charge is 0.251 e. The van der Waals surface area contributed by atoms with Gasteiger partial charge >= 0.3 is 0 Å². The predicted molar refractivity (Wildman–Crippen MR) is 84.9 cm³/mol. The molecule has 0 fully saturated rings. The number of nitrogens with two attached hydrogens (primary N) is 1. The van der Waals surface area contributed by atoms with Crippen molar-refractivity contribution in [2.45, 2.75) is 18.6 Å². The molecule has 0 saturated heterocycles. The second-order valence-electron chi connectivity index (χ2n) is 5.16. The topological polar surface area (TPSA) is 75.4 Å². The molecule has 0 spiro atoms. The summed E-state index contributed by atoms with van der Waals surface area (Å²) in [5.74, 6) is -0.226. The summed E-state index contributed by atoms with van der Waals surface area (Å²) in [6.45, 7) is 0. The van der Waals surface area contributed by atoms with Crippen LogP contribution in [0.15, 0.2) is 46.9 Å². The Morgan fingerprint density at radius 3 is 2.81 bits per heavy atom. The Hall–Kier alpha value is -1.85. The van der Waals surface area contributed by atoms with E-state index in [-0.39, 0.29) is 11.9 Å². The van der Waals surface area contributed by atoms with Gasteiger partial charge in [0.15, 0.2) is 0 Å². The highest BCUT2D eigenvalue weighted by Crippen LogP contribution is 2.31. The van der Waals surface area contributed by atoms with E-state index in [1.165, 1.54) is 0 Å². The van der Waals surface area contributed by atoms with Crippen LogP contribution >= 0.6 is 15.9 Å². The average molecular weight is 347 g/mol. The quantitative estimate of drug-likeness (QED) is 0.731. The van der Waals surface area contributed by atoms with E-state index in [2.05, 4.69) is 21.2 Å². The number of carbonyl (C=O) groups is 1. The monoisotopic (exact) mass is 346 g/mol. The molecule has 0 bridgehead atoms. The number of anilines is 1. The third-order valence-electron chi connectivity index (χ3n) is 3.75. The third kappa shape index (κ3) is 2.66. The summed E-state index contributed by atoms with van der Waals surface area (Å²) < 4.78 is 0.683. The van der Waals surface area contributed by atoms with Gasteiger partial charge in [-0.3, -0.25) is 4.79 Å². The standard InChI is InChI=1S/C16H15BrN2O2/c17-12-7-10(5-6-13(12)18)16(21)19-15-11-4-2-1-3-9(11)8-14(15)20/h1-7,14-15,20H,8,18H2,(H,19,21)/t14-,15+/m1/s1. The first-order chi connectivity index (χ1) is 10.1. The van der Waals surface area contributed by atoms with Crippen LogP contribution in [-0.2, 0) is 6.42 Å². The van der Waals surface area contributed by atoms with E-state index in [1.54, 1.807) is 18.2 Å². The third-order valence-corrected chi connectivity index (χ3v) is 4.44. The first kappa shape index (κ1) is 14.1. The SMILES string of the molecule is Nc1ccc(C(=O)N[C@H]2c3ccccc3C[C@H]2O)cc1Br. The number of carbonyl (C=O) groups excluding carboxylic acids is 1. The van der Waals surface area contributed by atoms with Crippen LogP contribution in [0.1, 0.15) is 27.5 Å². The molecule has 0 radical (unpaired) electrons. The van der Waals surface area contributed by atoms with Gasteiger partial charge in [-0.05, 0) is 45.3 Å². The fraction of sp³-hybridized carbons (Fsp3) is 0.188. The van der Waals surface area contributed by atoms with E-state index in [0.717, 1.165) is 11.1 Å². The fourth-order valence-electron chi connectivity index (χ4n) is 2.64. The van der Waals surface area contributed by atoms with Gasteiger partial charge in [0, 0.05) is 22.1 Å². The minimum absolute atomic E-state index is 0.226. The summed E-state index contributed by atoms with van der Waals surface area (Å²) in [4.78, 5) is 12.3. The molecule has 1 aliphatic carbocycles. The van der Waals surface area contributed by atoms with Crippen LogP contribution in [0.25, 0.3) is 0 Å². The number of aliphatic hydroxyl groups is 1. The van der Waals surface area contributed by atoms with Crippen LogP contribution in [0, 0.1) is 0 Å². The number of hydrogen-bond acceptors (Lipinski definition) is 3. The number of benzene rings is 2. The van der Waals surface area contributed by atoms with Crippen molar-refractivity contribution in [1.29, 1.82) is 0 Å². The van der Waals surface area contributed by atoms with Gasteiger partial charge in [0.1, 0.15) is 0 Å². The van der Waals surface area contributed by atoms with Crippen LogP contribution in [0.4, 0.5) is 5.69 Å².